The van der Waals surface area contributed by atoms with E-state index in [4.69, 9.17) is 0 Å². The Morgan fingerprint density at radius 1 is 1.12 bits per heavy atom. The highest BCUT2D eigenvalue weighted by Crippen LogP contribution is 2.25. The number of nitrogens with zero attached hydrogens (tertiary/aromatic N) is 2. The Hall–Kier alpha value is -1.82. The van der Waals surface area contributed by atoms with Crippen LogP contribution in [0, 0.1) is 3.57 Å². The summed E-state index contributed by atoms with van der Waals surface area (Å²) in [5.41, 5.74) is 4.93. The van der Waals surface area contributed by atoms with Crippen molar-refractivity contribution < 1.29 is 4.79 Å². The van der Waals surface area contributed by atoms with Crippen LogP contribution in [-0.2, 0) is 24.2 Å². The first-order valence-corrected chi connectivity index (χ1v) is 10.2. The van der Waals surface area contributed by atoms with Gasteiger partial charge < -0.3 is 9.80 Å². The molecule has 0 unspecified atom stereocenters. The van der Waals surface area contributed by atoms with Crippen LogP contribution < -0.4 is 4.90 Å². The third kappa shape index (κ3) is 4.47. The predicted octanol–water partition coefficient (Wildman–Crippen LogP) is 4.43. The Morgan fingerprint density at radius 3 is 2.50 bits per heavy atom. The first kappa shape index (κ1) is 19.0. The third-order valence-corrected chi connectivity index (χ3v) is 5.54. The molecule has 0 spiro atoms. The van der Waals surface area contributed by atoms with Gasteiger partial charge in [0, 0.05) is 28.9 Å². The molecule has 2 aromatic rings. The van der Waals surface area contributed by atoms with E-state index in [2.05, 4.69) is 83.5 Å². The van der Waals surface area contributed by atoms with E-state index in [1.165, 1.54) is 20.3 Å². The minimum absolute atomic E-state index is 0.193. The summed E-state index contributed by atoms with van der Waals surface area (Å²) in [5.74, 6) is 0.193. The van der Waals surface area contributed by atoms with Gasteiger partial charge in [-0.15, -0.1) is 6.58 Å². The molecule has 0 saturated carbocycles. The molecule has 0 N–H and O–H groups in total. The fourth-order valence-corrected chi connectivity index (χ4v) is 3.92. The number of carbonyl (C=O) groups excluding carboxylic acids is 1. The normalized spacial score (nSPS) is 14.6. The zero-order chi connectivity index (χ0) is 18.5. The van der Waals surface area contributed by atoms with Gasteiger partial charge in [-0.3, -0.25) is 4.79 Å². The zero-order valence-electron chi connectivity index (χ0n) is 15.2. The molecule has 0 aromatic heterocycles. The van der Waals surface area contributed by atoms with Gasteiger partial charge in [0.1, 0.15) is 0 Å². The lowest BCUT2D eigenvalue weighted by atomic mass is 10.1. The molecule has 4 heteroatoms. The Morgan fingerprint density at radius 2 is 1.85 bits per heavy atom. The molecule has 1 amide bonds. The number of allylic oxidation sites excluding steroid dienone is 1. The van der Waals surface area contributed by atoms with Crippen LogP contribution in [0.1, 0.15) is 23.6 Å². The molecule has 3 nitrogen and oxygen atoms in total. The fourth-order valence-electron chi connectivity index (χ4n) is 3.36. The number of hydrogen-bond donors (Lipinski definition) is 0. The third-order valence-electron chi connectivity index (χ3n) is 4.87. The van der Waals surface area contributed by atoms with E-state index in [0.717, 1.165) is 31.6 Å². The summed E-state index contributed by atoms with van der Waals surface area (Å²) in [6.45, 7) is 8.78. The predicted molar refractivity (Wildman–Crippen MR) is 117 cm³/mol. The number of halogens is 1. The molecule has 0 radical (unpaired) electrons. The fraction of sp³-hybridized carbons (Fsp3) is 0.318. The summed E-state index contributed by atoms with van der Waals surface area (Å²) in [6.07, 6.45) is 3.79. The lowest BCUT2D eigenvalue weighted by molar-refractivity contribution is -0.131. The first-order chi connectivity index (χ1) is 12.6. The molecular formula is C22H25IN2O. The number of hydrogen-bond acceptors (Lipinski definition) is 2. The highest BCUT2D eigenvalue weighted by molar-refractivity contribution is 14.1. The van der Waals surface area contributed by atoms with Crippen molar-refractivity contribution in [1.82, 2.24) is 4.90 Å². The van der Waals surface area contributed by atoms with Crippen LogP contribution in [0.3, 0.4) is 0 Å². The average molecular weight is 460 g/mol. The van der Waals surface area contributed by atoms with Gasteiger partial charge in [-0.1, -0.05) is 37.3 Å². The minimum Gasteiger partial charge on any atom is -0.360 e. The molecular weight excluding hydrogens is 435 g/mol. The maximum atomic E-state index is 12.7. The van der Waals surface area contributed by atoms with Gasteiger partial charge in [0.15, 0.2) is 0 Å². The number of rotatable bonds is 6. The minimum atomic E-state index is 0.193. The van der Waals surface area contributed by atoms with Crippen LogP contribution in [0.5, 0.6) is 0 Å². The molecule has 1 heterocycles. The molecule has 0 aliphatic carbocycles. The second-order valence-electron chi connectivity index (χ2n) is 6.67. The Kier molecular flexibility index (Phi) is 6.35. The van der Waals surface area contributed by atoms with Crippen molar-refractivity contribution in [2.45, 2.75) is 26.3 Å². The van der Waals surface area contributed by atoms with Crippen molar-refractivity contribution in [1.29, 1.82) is 0 Å². The summed E-state index contributed by atoms with van der Waals surface area (Å²) in [7, 11) is 0. The van der Waals surface area contributed by atoms with E-state index in [-0.39, 0.29) is 5.91 Å². The van der Waals surface area contributed by atoms with Gasteiger partial charge in [0.25, 0.3) is 0 Å². The quantitative estimate of drug-likeness (QED) is 0.471. The second-order valence-corrected chi connectivity index (χ2v) is 7.92. The van der Waals surface area contributed by atoms with E-state index in [9.17, 15) is 4.79 Å². The molecule has 1 fully saturated rings. The van der Waals surface area contributed by atoms with E-state index >= 15 is 0 Å². The van der Waals surface area contributed by atoms with Gasteiger partial charge >= 0.3 is 0 Å². The van der Waals surface area contributed by atoms with Crippen LogP contribution in [0.2, 0.25) is 0 Å². The van der Waals surface area contributed by atoms with Crippen molar-refractivity contribution in [3.63, 3.8) is 0 Å². The van der Waals surface area contributed by atoms with E-state index in [1.54, 1.807) is 0 Å². The highest BCUT2D eigenvalue weighted by atomic mass is 127. The number of piperazine rings is 1. The smallest absolute Gasteiger partial charge is 0.242 e. The SMILES string of the molecule is C=CCc1cc(I)ccc1N1CCN(Cc2ccc(CC)cc2)C(=O)C1. The summed E-state index contributed by atoms with van der Waals surface area (Å²) in [6, 6.07) is 15.0. The maximum absolute atomic E-state index is 12.7. The van der Waals surface area contributed by atoms with E-state index in [0.29, 0.717) is 13.1 Å². The van der Waals surface area contributed by atoms with Gasteiger partial charge in [-0.25, -0.2) is 0 Å². The summed E-state index contributed by atoms with van der Waals surface area (Å²) < 4.78 is 1.21. The lowest BCUT2D eigenvalue weighted by Crippen LogP contribution is -2.50. The molecule has 2 aromatic carbocycles. The van der Waals surface area contributed by atoms with Crippen molar-refractivity contribution in [3.8, 4) is 0 Å². The van der Waals surface area contributed by atoms with Crippen LogP contribution in [0.4, 0.5) is 5.69 Å². The molecule has 26 heavy (non-hydrogen) atoms. The Balaban J connectivity index is 1.68. The van der Waals surface area contributed by atoms with Crippen molar-refractivity contribution in [2.75, 3.05) is 24.5 Å². The summed E-state index contributed by atoms with van der Waals surface area (Å²) in [4.78, 5) is 16.9. The molecule has 0 bridgehead atoms. The van der Waals surface area contributed by atoms with Gasteiger partial charge in [0.05, 0.1) is 6.54 Å². The van der Waals surface area contributed by atoms with Crippen LogP contribution >= 0.6 is 22.6 Å². The van der Waals surface area contributed by atoms with Crippen molar-refractivity contribution in [2.24, 2.45) is 0 Å². The Bertz CT molecular complexity index is 785. The van der Waals surface area contributed by atoms with E-state index < -0.39 is 0 Å². The highest BCUT2D eigenvalue weighted by Gasteiger charge is 2.25. The maximum Gasteiger partial charge on any atom is 0.242 e. The summed E-state index contributed by atoms with van der Waals surface area (Å²) in [5, 5.41) is 0. The number of amides is 1. The van der Waals surface area contributed by atoms with Crippen LogP contribution in [0.25, 0.3) is 0 Å². The largest absolute Gasteiger partial charge is 0.360 e. The molecule has 1 saturated heterocycles. The molecule has 3 rings (SSSR count). The van der Waals surface area contributed by atoms with Crippen molar-refractivity contribution >= 4 is 34.2 Å². The molecule has 136 valence electrons. The number of aryl methyl sites for hydroxylation is 1. The topological polar surface area (TPSA) is 23.6 Å². The second kappa shape index (κ2) is 8.71. The first-order valence-electron chi connectivity index (χ1n) is 9.10. The zero-order valence-corrected chi connectivity index (χ0v) is 17.4. The number of carbonyl (C=O) groups is 1. The van der Waals surface area contributed by atoms with Gasteiger partial charge in [-0.05, 0) is 70.3 Å². The molecule has 0 atom stereocenters. The van der Waals surface area contributed by atoms with Gasteiger partial charge in [-0.2, -0.15) is 0 Å². The standard InChI is InChI=1S/C22H25IN2O/c1-3-5-19-14-20(23)10-11-21(19)24-12-13-25(22(26)16-24)15-18-8-6-17(4-2)7-9-18/h3,6-11,14H,1,4-5,12-13,15-16H2,2H3. The Labute approximate surface area is 169 Å². The number of benzene rings is 2. The average Bonchev–Trinajstić information content (AvgIpc) is 2.64. The molecule has 1 aliphatic rings. The monoisotopic (exact) mass is 460 g/mol. The summed E-state index contributed by atoms with van der Waals surface area (Å²) >= 11 is 2.33. The van der Waals surface area contributed by atoms with Crippen LogP contribution in [0.15, 0.2) is 55.1 Å². The van der Waals surface area contributed by atoms with Crippen LogP contribution in [-0.4, -0.2) is 30.4 Å². The number of anilines is 1. The molecule has 1 aliphatic heterocycles. The van der Waals surface area contributed by atoms with Crippen molar-refractivity contribution in [3.05, 3.63) is 75.4 Å². The van der Waals surface area contributed by atoms with E-state index in [1.807, 2.05) is 11.0 Å². The lowest BCUT2D eigenvalue weighted by Gasteiger charge is -2.36. The van der Waals surface area contributed by atoms with Gasteiger partial charge in [0.2, 0.25) is 5.91 Å².